The molecule has 0 aliphatic heterocycles. The topological polar surface area (TPSA) is 17.1 Å². The summed E-state index contributed by atoms with van der Waals surface area (Å²) in [6, 6.07) is 9.63. The van der Waals surface area contributed by atoms with Gasteiger partial charge in [0.25, 0.3) is 0 Å². The lowest BCUT2D eigenvalue weighted by atomic mass is 10.0. The molecule has 2 aromatic rings. The van der Waals surface area contributed by atoms with E-state index in [0.29, 0.717) is 15.1 Å². The molecule has 0 aromatic heterocycles. The lowest BCUT2D eigenvalue weighted by Crippen LogP contribution is -2.09. The predicted octanol–water partition coefficient (Wildman–Crippen LogP) is 5.55. The van der Waals surface area contributed by atoms with Crippen LogP contribution in [0.15, 0.2) is 46.9 Å². The molecule has 0 aliphatic carbocycles. The molecule has 0 fully saturated rings. The van der Waals surface area contributed by atoms with Crippen molar-refractivity contribution in [1.29, 1.82) is 0 Å². The SMILES string of the molecule is O=C(Cc1ccc(Cl)cc1)c1cc(C(F)(F)F)ccc1Br. The molecular weight excluding hydrogens is 369 g/mol. The van der Waals surface area contributed by atoms with E-state index < -0.39 is 17.5 Å². The van der Waals surface area contributed by atoms with E-state index in [-0.39, 0.29) is 12.0 Å². The van der Waals surface area contributed by atoms with E-state index >= 15 is 0 Å². The fraction of sp³-hybridized carbons (Fsp3) is 0.133. The first-order valence-corrected chi connectivity index (χ1v) is 7.09. The highest BCUT2D eigenvalue weighted by Crippen LogP contribution is 2.32. The van der Waals surface area contributed by atoms with Gasteiger partial charge in [0.2, 0.25) is 0 Å². The Labute approximate surface area is 132 Å². The molecule has 0 aliphatic rings. The van der Waals surface area contributed by atoms with Crippen LogP contribution in [0.3, 0.4) is 0 Å². The summed E-state index contributed by atoms with van der Waals surface area (Å²) in [7, 11) is 0. The van der Waals surface area contributed by atoms with Gasteiger partial charge < -0.3 is 0 Å². The van der Waals surface area contributed by atoms with Gasteiger partial charge in [-0.1, -0.05) is 39.7 Å². The summed E-state index contributed by atoms with van der Waals surface area (Å²) in [6.45, 7) is 0. The Hall–Kier alpha value is -1.33. The molecule has 0 heterocycles. The highest BCUT2D eigenvalue weighted by molar-refractivity contribution is 9.10. The molecule has 0 atom stereocenters. The molecule has 0 bridgehead atoms. The first kappa shape index (κ1) is 16.0. The van der Waals surface area contributed by atoms with Crippen molar-refractivity contribution >= 4 is 33.3 Å². The molecule has 21 heavy (non-hydrogen) atoms. The third kappa shape index (κ3) is 4.08. The fourth-order valence-electron chi connectivity index (χ4n) is 1.80. The lowest BCUT2D eigenvalue weighted by Gasteiger charge is -2.10. The van der Waals surface area contributed by atoms with Gasteiger partial charge in [0.05, 0.1) is 5.56 Å². The van der Waals surface area contributed by atoms with Gasteiger partial charge in [-0.05, 0) is 35.9 Å². The van der Waals surface area contributed by atoms with Crippen LogP contribution in [-0.4, -0.2) is 5.78 Å². The molecule has 0 spiro atoms. The Bertz CT molecular complexity index is 666. The molecule has 6 heteroatoms. The Balaban J connectivity index is 2.28. The van der Waals surface area contributed by atoms with Gasteiger partial charge in [-0.15, -0.1) is 0 Å². The second-order valence-electron chi connectivity index (χ2n) is 4.42. The number of carbonyl (C=O) groups excluding carboxylic acids is 1. The Morgan fingerprint density at radius 1 is 1.10 bits per heavy atom. The van der Waals surface area contributed by atoms with Gasteiger partial charge in [-0.25, -0.2) is 0 Å². The minimum Gasteiger partial charge on any atom is -0.294 e. The third-order valence-corrected chi connectivity index (χ3v) is 3.82. The van der Waals surface area contributed by atoms with Crippen LogP contribution in [0.4, 0.5) is 13.2 Å². The van der Waals surface area contributed by atoms with Crippen molar-refractivity contribution < 1.29 is 18.0 Å². The summed E-state index contributed by atoms with van der Waals surface area (Å²) in [6.07, 6.45) is -4.47. The number of rotatable bonds is 3. The minimum absolute atomic E-state index is 0.0110. The molecule has 0 amide bonds. The maximum atomic E-state index is 12.7. The van der Waals surface area contributed by atoms with E-state index in [1.807, 2.05) is 0 Å². The summed E-state index contributed by atoms with van der Waals surface area (Å²) >= 11 is 8.86. The fourth-order valence-corrected chi connectivity index (χ4v) is 2.39. The number of halogens is 5. The monoisotopic (exact) mass is 376 g/mol. The van der Waals surface area contributed by atoms with Crippen LogP contribution in [0.25, 0.3) is 0 Å². The van der Waals surface area contributed by atoms with Gasteiger partial charge in [0.15, 0.2) is 5.78 Å². The molecule has 0 radical (unpaired) electrons. The van der Waals surface area contributed by atoms with Crippen LogP contribution in [0, 0.1) is 0 Å². The second-order valence-corrected chi connectivity index (χ2v) is 5.71. The quantitative estimate of drug-likeness (QED) is 0.641. The molecular formula is C15H9BrClF3O. The molecule has 0 N–H and O–H groups in total. The van der Waals surface area contributed by atoms with E-state index in [0.717, 1.165) is 12.1 Å². The Morgan fingerprint density at radius 2 is 1.71 bits per heavy atom. The highest BCUT2D eigenvalue weighted by Gasteiger charge is 2.31. The maximum absolute atomic E-state index is 12.7. The van der Waals surface area contributed by atoms with Crippen LogP contribution < -0.4 is 0 Å². The lowest BCUT2D eigenvalue weighted by molar-refractivity contribution is -0.137. The highest BCUT2D eigenvalue weighted by atomic mass is 79.9. The van der Waals surface area contributed by atoms with E-state index in [1.54, 1.807) is 24.3 Å². The molecule has 0 saturated heterocycles. The summed E-state index contributed by atoms with van der Waals surface area (Å²) in [4.78, 5) is 12.2. The average Bonchev–Trinajstić information content (AvgIpc) is 2.40. The number of ketones is 1. The Kier molecular flexibility index (Phi) is 4.74. The van der Waals surface area contributed by atoms with Crippen LogP contribution in [0.2, 0.25) is 5.02 Å². The van der Waals surface area contributed by atoms with Crippen molar-refractivity contribution in [2.45, 2.75) is 12.6 Å². The van der Waals surface area contributed by atoms with E-state index in [9.17, 15) is 18.0 Å². The molecule has 0 unspecified atom stereocenters. The summed E-state index contributed by atoms with van der Waals surface area (Å²) in [5.41, 5.74) is -0.140. The molecule has 2 rings (SSSR count). The van der Waals surface area contributed by atoms with Crippen molar-refractivity contribution in [1.82, 2.24) is 0 Å². The maximum Gasteiger partial charge on any atom is 0.416 e. The average molecular weight is 378 g/mol. The molecule has 110 valence electrons. The Morgan fingerprint density at radius 3 is 2.29 bits per heavy atom. The van der Waals surface area contributed by atoms with E-state index in [2.05, 4.69) is 15.9 Å². The van der Waals surface area contributed by atoms with Crippen LogP contribution in [0.1, 0.15) is 21.5 Å². The largest absolute Gasteiger partial charge is 0.416 e. The van der Waals surface area contributed by atoms with Crippen LogP contribution >= 0.6 is 27.5 Å². The zero-order chi connectivity index (χ0) is 15.6. The standard InChI is InChI=1S/C15H9BrClF3O/c16-13-6-3-10(15(18,19)20)8-12(13)14(21)7-9-1-4-11(17)5-2-9/h1-6,8H,7H2. The van der Waals surface area contributed by atoms with Crippen LogP contribution in [0.5, 0.6) is 0 Å². The molecule has 2 aromatic carbocycles. The predicted molar refractivity (Wildman–Crippen MR) is 78.6 cm³/mol. The van der Waals surface area contributed by atoms with Gasteiger partial charge >= 0.3 is 6.18 Å². The van der Waals surface area contributed by atoms with Crippen molar-refractivity contribution in [2.75, 3.05) is 0 Å². The molecule has 1 nitrogen and oxygen atoms in total. The van der Waals surface area contributed by atoms with Crippen LogP contribution in [-0.2, 0) is 12.6 Å². The van der Waals surface area contributed by atoms with Crippen molar-refractivity contribution in [2.24, 2.45) is 0 Å². The summed E-state index contributed by atoms with van der Waals surface area (Å²) in [5.74, 6) is -0.393. The third-order valence-electron chi connectivity index (χ3n) is 2.87. The van der Waals surface area contributed by atoms with Gasteiger partial charge in [0, 0.05) is 21.5 Å². The smallest absolute Gasteiger partial charge is 0.294 e. The number of Topliss-reactive ketones (excluding diaryl/α,β-unsaturated/α-hetero) is 1. The zero-order valence-corrected chi connectivity index (χ0v) is 12.9. The van der Waals surface area contributed by atoms with Crippen molar-refractivity contribution in [3.05, 3.63) is 68.7 Å². The first-order valence-electron chi connectivity index (χ1n) is 5.92. The first-order chi connectivity index (χ1) is 9.77. The van der Waals surface area contributed by atoms with Crippen molar-refractivity contribution in [3.8, 4) is 0 Å². The normalized spacial score (nSPS) is 11.5. The number of benzene rings is 2. The summed E-state index contributed by atoms with van der Waals surface area (Å²) in [5, 5.41) is 0.534. The van der Waals surface area contributed by atoms with Gasteiger partial charge in [-0.2, -0.15) is 13.2 Å². The minimum atomic E-state index is -4.48. The van der Waals surface area contributed by atoms with Gasteiger partial charge in [0.1, 0.15) is 0 Å². The van der Waals surface area contributed by atoms with Gasteiger partial charge in [-0.3, -0.25) is 4.79 Å². The van der Waals surface area contributed by atoms with E-state index in [4.69, 9.17) is 11.6 Å². The number of alkyl halides is 3. The second kappa shape index (κ2) is 6.20. The summed E-state index contributed by atoms with van der Waals surface area (Å²) < 4.78 is 38.4. The number of hydrogen-bond acceptors (Lipinski definition) is 1. The van der Waals surface area contributed by atoms with E-state index in [1.165, 1.54) is 6.07 Å². The zero-order valence-electron chi connectivity index (χ0n) is 10.5. The number of hydrogen-bond donors (Lipinski definition) is 0. The van der Waals surface area contributed by atoms with Crippen molar-refractivity contribution in [3.63, 3.8) is 0 Å². The number of carbonyl (C=O) groups is 1. The molecule has 0 saturated carbocycles.